The summed E-state index contributed by atoms with van der Waals surface area (Å²) >= 11 is 0. The number of carbonyl (C=O) groups excluding carboxylic acids is 1. The van der Waals surface area contributed by atoms with Gasteiger partial charge >= 0.3 is 0 Å². The van der Waals surface area contributed by atoms with Gasteiger partial charge < -0.3 is 14.8 Å². The predicted octanol–water partition coefficient (Wildman–Crippen LogP) is 3.01. The summed E-state index contributed by atoms with van der Waals surface area (Å²) < 4.78 is 3.88. The van der Waals surface area contributed by atoms with Crippen LogP contribution in [0.5, 0.6) is 0 Å². The highest BCUT2D eigenvalue weighted by Gasteiger charge is 2.20. The van der Waals surface area contributed by atoms with Gasteiger partial charge in [-0.3, -0.25) is 9.20 Å². The highest BCUT2D eigenvalue weighted by molar-refractivity contribution is 5.99. The highest BCUT2D eigenvalue weighted by atomic mass is 16.1. The average Bonchev–Trinajstić information content (AvgIpc) is 3.54. The van der Waals surface area contributed by atoms with Crippen molar-refractivity contribution in [3.05, 3.63) is 72.9 Å². The molecule has 4 aromatic rings. The molecule has 0 spiro atoms. The Kier molecular flexibility index (Phi) is 5.03. The molecular weight excluding hydrogens is 376 g/mol. The molecule has 0 atom stereocenters. The van der Waals surface area contributed by atoms with Gasteiger partial charge in [-0.25, -0.2) is 9.97 Å². The average molecular weight is 400 g/mol. The topological polar surface area (TPSA) is 67.5 Å². The van der Waals surface area contributed by atoms with E-state index in [4.69, 9.17) is 0 Å². The molecule has 0 aliphatic carbocycles. The van der Waals surface area contributed by atoms with E-state index < -0.39 is 0 Å². The Morgan fingerprint density at radius 2 is 1.83 bits per heavy atom. The molecule has 7 nitrogen and oxygen atoms in total. The molecule has 1 fully saturated rings. The van der Waals surface area contributed by atoms with Crippen molar-refractivity contribution in [2.75, 3.05) is 26.2 Å². The van der Waals surface area contributed by atoms with Crippen LogP contribution >= 0.6 is 0 Å². The van der Waals surface area contributed by atoms with Crippen LogP contribution in [-0.2, 0) is 0 Å². The van der Waals surface area contributed by atoms with E-state index in [2.05, 4.69) is 20.2 Å². The van der Waals surface area contributed by atoms with Gasteiger partial charge in [0.15, 0.2) is 11.5 Å². The Bertz CT molecular complexity index is 1160. The van der Waals surface area contributed by atoms with Crippen molar-refractivity contribution in [1.82, 2.24) is 29.2 Å². The van der Waals surface area contributed by atoms with Crippen molar-refractivity contribution in [3.8, 4) is 17.2 Å². The summed E-state index contributed by atoms with van der Waals surface area (Å²) in [6.07, 6.45) is 8.12. The molecule has 0 saturated carbocycles. The Hall–Kier alpha value is -3.45. The number of para-hydroxylation sites is 1. The number of hydrogen-bond acceptors (Lipinski definition) is 4. The molecule has 4 heterocycles. The monoisotopic (exact) mass is 400 g/mol. The maximum Gasteiger partial charge on any atom is 0.272 e. The first-order valence-electron chi connectivity index (χ1n) is 10.4. The second kappa shape index (κ2) is 8.12. The summed E-state index contributed by atoms with van der Waals surface area (Å²) in [5, 5.41) is 3.03. The Balaban J connectivity index is 1.41. The molecule has 30 heavy (non-hydrogen) atoms. The number of nitrogens with zero attached hydrogens (tertiary/aromatic N) is 5. The molecule has 1 aliphatic rings. The Morgan fingerprint density at radius 1 is 1.03 bits per heavy atom. The van der Waals surface area contributed by atoms with Crippen molar-refractivity contribution >= 4 is 11.4 Å². The molecule has 1 N–H and O–H groups in total. The number of aromatic nitrogens is 4. The van der Waals surface area contributed by atoms with E-state index in [1.54, 1.807) is 6.33 Å². The van der Waals surface area contributed by atoms with E-state index in [1.807, 2.05) is 69.9 Å². The van der Waals surface area contributed by atoms with Crippen LogP contribution in [0.15, 0.2) is 67.3 Å². The fourth-order valence-electron chi connectivity index (χ4n) is 3.98. The number of imidazole rings is 2. The van der Waals surface area contributed by atoms with Gasteiger partial charge in [0.2, 0.25) is 0 Å². The third-order valence-electron chi connectivity index (χ3n) is 5.54. The van der Waals surface area contributed by atoms with Gasteiger partial charge in [0.25, 0.3) is 5.91 Å². The minimum absolute atomic E-state index is 0.147. The van der Waals surface area contributed by atoms with Gasteiger partial charge in [-0.05, 0) is 50.2 Å². The van der Waals surface area contributed by atoms with Crippen molar-refractivity contribution in [3.63, 3.8) is 0 Å². The maximum atomic E-state index is 12.9. The normalized spacial score (nSPS) is 14.4. The molecule has 152 valence electrons. The summed E-state index contributed by atoms with van der Waals surface area (Å²) in [6, 6.07) is 15.8. The molecular formula is C23H24N6O. The second-order valence-corrected chi connectivity index (χ2v) is 7.55. The SMILES string of the molecule is O=C(NCCN1CCCC1)c1nc(-c2cn(-c3ccccc3)cn2)n2ccccc12. The number of amides is 1. The first-order valence-corrected chi connectivity index (χ1v) is 10.4. The lowest BCUT2D eigenvalue weighted by Gasteiger charge is -2.14. The van der Waals surface area contributed by atoms with Gasteiger partial charge in [0.1, 0.15) is 12.0 Å². The van der Waals surface area contributed by atoms with Crippen LogP contribution in [0.1, 0.15) is 23.3 Å². The van der Waals surface area contributed by atoms with Gasteiger partial charge in [0.05, 0.1) is 5.52 Å². The predicted molar refractivity (Wildman–Crippen MR) is 116 cm³/mol. The molecule has 3 aromatic heterocycles. The molecule has 5 rings (SSSR count). The number of pyridine rings is 1. The Labute approximate surface area is 175 Å². The number of likely N-dealkylation sites (tertiary alicyclic amines) is 1. The lowest BCUT2D eigenvalue weighted by atomic mass is 10.3. The zero-order chi connectivity index (χ0) is 20.3. The van der Waals surface area contributed by atoms with Crippen LogP contribution < -0.4 is 5.32 Å². The molecule has 1 aromatic carbocycles. The van der Waals surface area contributed by atoms with Crippen LogP contribution in [0.2, 0.25) is 0 Å². The molecule has 1 aliphatic heterocycles. The zero-order valence-corrected chi connectivity index (χ0v) is 16.7. The van der Waals surface area contributed by atoms with Crippen LogP contribution in [0.4, 0.5) is 0 Å². The fourth-order valence-corrected chi connectivity index (χ4v) is 3.98. The smallest absolute Gasteiger partial charge is 0.272 e. The maximum absolute atomic E-state index is 12.9. The van der Waals surface area contributed by atoms with Gasteiger partial charge in [0, 0.05) is 31.2 Å². The van der Waals surface area contributed by atoms with E-state index in [9.17, 15) is 4.79 Å². The molecule has 1 amide bonds. The van der Waals surface area contributed by atoms with E-state index in [1.165, 1.54) is 12.8 Å². The van der Waals surface area contributed by atoms with Crippen LogP contribution in [0.25, 0.3) is 22.7 Å². The first kappa shape index (κ1) is 18.6. The summed E-state index contributed by atoms with van der Waals surface area (Å²) in [5.41, 5.74) is 2.95. The third-order valence-corrected chi connectivity index (χ3v) is 5.54. The van der Waals surface area contributed by atoms with Crippen LogP contribution in [-0.4, -0.2) is 55.9 Å². The molecule has 7 heteroatoms. The summed E-state index contributed by atoms with van der Waals surface area (Å²) in [6.45, 7) is 3.75. The number of hydrogen-bond donors (Lipinski definition) is 1. The zero-order valence-electron chi connectivity index (χ0n) is 16.7. The minimum Gasteiger partial charge on any atom is -0.349 e. The van der Waals surface area contributed by atoms with E-state index in [0.717, 1.165) is 36.5 Å². The van der Waals surface area contributed by atoms with Crippen molar-refractivity contribution in [2.24, 2.45) is 0 Å². The molecule has 1 saturated heterocycles. The van der Waals surface area contributed by atoms with Gasteiger partial charge in [-0.2, -0.15) is 0 Å². The lowest BCUT2D eigenvalue weighted by Crippen LogP contribution is -2.33. The standard InChI is InChI=1S/C23H24N6O/c30-23(24-11-15-27-12-6-7-13-27)21-20-10-4-5-14-29(20)22(26-21)19-16-28(17-25-19)18-8-2-1-3-9-18/h1-5,8-10,14,16-17H,6-7,11-13,15H2,(H,24,30). The quantitative estimate of drug-likeness (QED) is 0.540. The van der Waals surface area contributed by atoms with Crippen LogP contribution in [0, 0.1) is 0 Å². The molecule has 0 bridgehead atoms. The Morgan fingerprint density at radius 3 is 2.67 bits per heavy atom. The fraction of sp³-hybridized carbons (Fsp3) is 0.261. The van der Waals surface area contributed by atoms with Gasteiger partial charge in [-0.1, -0.05) is 24.3 Å². The van der Waals surface area contributed by atoms with E-state index in [0.29, 0.717) is 18.1 Å². The summed E-state index contributed by atoms with van der Waals surface area (Å²) in [5.74, 6) is 0.511. The molecule has 0 radical (unpaired) electrons. The molecule has 0 unspecified atom stereocenters. The minimum atomic E-state index is -0.147. The first-order chi connectivity index (χ1) is 14.8. The van der Waals surface area contributed by atoms with Crippen molar-refractivity contribution < 1.29 is 4.79 Å². The third kappa shape index (κ3) is 3.59. The van der Waals surface area contributed by atoms with Gasteiger partial charge in [-0.15, -0.1) is 0 Å². The number of carbonyl (C=O) groups is 1. The van der Waals surface area contributed by atoms with Crippen molar-refractivity contribution in [2.45, 2.75) is 12.8 Å². The summed E-state index contributed by atoms with van der Waals surface area (Å²) in [4.78, 5) is 24.5. The summed E-state index contributed by atoms with van der Waals surface area (Å²) in [7, 11) is 0. The van der Waals surface area contributed by atoms with E-state index in [-0.39, 0.29) is 5.91 Å². The second-order valence-electron chi connectivity index (χ2n) is 7.55. The number of fused-ring (bicyclic) bond motifs is 1. The highest BCUT2D eigenvalue weighted by Crippen LogP contribution is 2.22. The van der Waals surface area contributed by atoms with Crippen LogP contribution in [0.3, 0.4) is 0 Å². The van der Waals surface area contributed by atoms with Crippen molar-refractivity contribution in [1.29, 1.82) is 0 Å². The number of benzene rings is 1. The number of nitrogens with one attached hydrogen (secondary N) is 1. The largest absolute Gasteiger partial charge is 0.349 e. The number of rotatable bonds is 6. The lowest BCUT2D eigenvalue weighted by molar-refractivity contribution is 0.0947. The van der Waals surface area contributed by atoms with E-state index >= 15 is 0 Å².